The zero-order valence-electron chi connectivity index (χ0n) is 15.7. The Bertz CT molecular complexity index is 1090. The van der Waals surface area contributed by atoms with E-state index < -0.39 is 17.9 Å². The molecule has 7 heteroatoms. The number of thiazole rings is 1. The van der Waals surface area contributed by atoms with Crippen molar-refractivity contribution in [3.05, 3.63) is 82.4 Å². The molecule has 0 bridgehead atoms. The smallest absolute Gasteiger partial charge is 0.265 e. The number of carbonyl (C=O) groups is 2. The summed E-state index contributed by atoms with van der Waals surface area (Å²) in [5.74, 6) is -1.10. The molecule has 29 heavy (non-hydrogen) atoms. The van der Waals surface area contributed by atoms with Gasteiger partial charge in [0.25, 0.3) is 11.8 Å². The van der Waals surface area contributed by atoms with E-state index in [-0.39, 0.29) is 11.3 Å². The van der Waals surface area contributed by atoms with Crippen LogP contribution in [0.2, 0.25) is 0 Å². The lowest BCUT2D eigenvalue weighted by Crippen LogP contribution is -2.31. The van der Waals surface area contributed by atoms with Crippen molar-refractivity contribution < 1.29 is 14.7 Å². The lowest BCUT2D eigenvalue weighted by Gasteiger charge is -2.10. The molecule has 0 spiro atoms. The van der Waals surface area contributed by atoms with E-state index in [1.54, 1.807) is 0 Å². The summed E-state index contributed by atoms with van der Waals surface area (Å²) >= 11 is 1.45. The summed E-state index contributed by atoms with van der Waals surface area (Å²) in [6.45, 7) is 1.85. The number of nitrogens with zero attached hydrogens (tertiary/aromatic N) is 1. The second-order valence-corrected chi connectivity index (χ2v) is 7.92. The molecule has 1 aliphatic heterocycles. The fourth-order valence-electron chi connectivity index (χ4n) is 3.19. The van der Waals surface area contributed by atoms with Crippen LogP contribution in [0.1, 0.15) is 10.4 Å². The molecule has 0 saturated carbocycles. The van der Waals surface area contributed by atoms with Crippen molar-refractivity contribution >= 4 is 29.0 Å². The first-order valence-electron chi connectivity index (χ1n) is 9.15. The number of anilines is 1. The largest absolute Gasteiger partial charge is 0.509 e. The van der Waals surface area contributed by atoms with E-state index in [2.05, 4.69) is 15.6 Å². The fourth-order valence-corrected chi connectivity index (χ4v) is 4.07. The minimum Gasteiger partial charge on any atom is -0.509 e. The van der Waals surface area contributed by atoms with Gasteiger partial charge in [0.15, 0.2) is 0 Å². The van der Waals surface area contributed by atoms with Crippen LogP contribution < -0.4 is 10.6 Å². The average Bonchev–Trinajstić information content (AvgIpc) is 3.22. The molecule has 3 N–H and O–H groups in total. The summed E-state index contributed by atoms with van der Waals surface area (Å²) < 4.78 is 0. The van der Waals surface area contributed by atoms with Crippen molar-refractivity contribution in [1.82, 2.24) is 10.3 Å². The quantitative estimate of drug-likeness (QED) is 0.566. The normalized spacial score (nSPS) is 16.0. The Morgan fingerprint density at radius 1 is 1.14 bits per heavy atom. The third-order valence-corrected chi connectivity index (χ3v) is 5.70. The number of hydrogen-bond acceptors (Lipinski definition) is 5. The predicted octanol–water partition coefficient (Wildman–Crippen LogP) is 3.61. The van der Waals surface area contributed by atoms with E-state index in [1.165, 1.54) is 11.3 Å². The molecular weight excluding hydrogens is 386 g/mol. The number of carbonyl (C=O) groups excluding carboxylic acids is 2. The number of rotatable bonds is 5. The van der Waals surface area contributed by atoms with Crippen LogP contribution in [-0.2, 0) is 16.0 Å². The average molecular weight is 405 g/mol. The summed E-state index contributed by atoms with van der Waals surface area (Å²) in [6.07, 6.45) is 0.406. The molecule has 1 atom stereocenters. The van der Waals surface area contributed by atoms with Gasteiger partial charge in [-0.15, -0.1) is 11.3 Å². The van der Waals surface area contributed by atoms with Crippen molar-refractivity contribution in [3.63, 3.8) is 0 Å². The first kappa shape index (κ1) is 18.9. The van der Waals surface area contributed by atoms with Crippen LogP contribution in [0.25, 0.3) is 10.6 Å². The lowest BCUT2D eigenvalue weighted by molar-refractivity contribution is -0.120. The number of aliphatic hydroxyl groups excluding tert-OH is 1. The van der Waals surface area contributed by atoms with Gasteiger partial charge < -0.3 is 15.7 Å². The molecule has 0 radical (unpaired) electrons. The fraction of sp³-hybridized carbons (Fsp3) is 0.136. The summed E-state index contributed by atoms with van der Waals surface area (Å²) in [6, 6.07) is 18.5. The van der Waals surface area contributed by atoms with Crippen molar-refractivity contribution in [3.8, 4) is 10.6 Å². The Hall–Kier alpha value is -3.45. The molecular formula is C22H19N3O3S. The van der Waals surface area contributed by atoms with Gasteiger partial charge in [-0.1, -0.05) is 60.7 Å². The van der Waals surface area contributed by atoms with E-state index in [0.29, 0.717) is 12.2 Å². The summed E-state index contributed by atoms with van der Waals surface area (Å²) in [5.41, 5.74) is 1.64. The zero-order chi connectivity index (χ0) is 20.4. The molecule has 0 fully saturated rings. The number of aliphatic hydroxyl groups is 1. The number of aromatic nitrogens is 1. The maximum absolute atomic E-state index is 12.7. The van der Waals surface area contributed by atoms with Crippen molar-refractivity contribution in [2.45, 2.75) is 19.4 Å². The molecule has 1 unspecified atom stereocenters. The SMILES string of the molecule is Cc1sc(-c2ccccc2)nc1NC(=O)C1=C(O)C(Cc2ccccc2)NC1=O. The molecule has 1 aromatic heterocycles. The molecule has 2 heterocycles. The molecule has 2 aromatic carbocycles. The topological polar surface area (TPSA) is 91.3 Å². The molecule has 0 aliphatic carbocycles. The molecule has 1 aliphatic rings. The maximum Gasteiger partial charge on any atom is 0.265 e. The van der Waals surface area contributed by atoms with Gasteiger partial charge in [0.05, 0.1) is 6.04 Å². The number of nitrogens with one attached hydrogen (secondary N) is 2. The highest BCUT2D eigenvalue weighted by Gasteiger charge is 2.36. The van der Waals surface area contributed by atoms with Gasteiger partial charge in [-0.3, -0.25) is 9.59 Å². The Labute approximate surface area is 171 Å². The molecule has 146 valence electrons. The minimum absolute atomic E-state index is 0.243. The lowest BCUT2D eigenvalue weighted by atomic mass is 10.0. The van der Waals surface area contributed by atoms with Crippen LogP contribution in [0, 0.1) is 6.92 Å². The van der Waals surface area contributed by atoms with Crippen molar-refractivity contribution in [1.29, 1.82) is 0 Å². The number of aryl methyl sites for hydroxylation is 1. The predicted molar refractivity (Wildman–Crippen MR) is 113 cm³/mol. The van der Waals surface area contributed by atoms with Gasteiger partial charge in [0.2, 0.25) is 0 Å². The van der Waals surface area contributed by atoms with Gasteiger partial charge in [0, 0.05) is 10.4 Å². The van der Waals surface area contributed by atoms with Gasteiger partial charge in [-0.05, 0) is 18.9 Å². The Kier molecular flexibility index (Phi) is 5.14. The standard InChI is InChI=1S/C22H19N3O3S/c1-13-19(25-22(29-13)15-10-6-3-7-11-15)24-21(28)17-18(26)16(23-20(17)27)12-14-8-4-2-5-9-14/h2-11,16,26H,12H2,1H3,(H,23,27)(H,24,28). The third-order valence-electron chi connectivity index (χ3n) is 4.68. The van der Waals surface area contributed by atoms with Gasteiger partial charge in [0.1, 0.15) is 22.2 Å². The molecule has 4 rings (SSSR count). The third kappa shape index (κ3) is 3.90. The number of benzene rings is 2. The summed E-state index contributed by atoms with van der Waals surface area (Å²) in [4.78, 5) is 30.3. The summed E-state index contributed by atoms with van der Waals surface area (Å²) in [7, 11) is 0. The Morgan fingerprint density at radius 3 is 2.48 bits per heavy atom. The van der Waals surface area contributed by atoms with Gasteiger partial charge in [-0.25, -0.2) is 4.98 Å². The first-order chi connectivity index (χ1) is 14.0. The highest BCUT2D eigenvalue weighted by molar-refractivity contribution is 7.15. The van der Waals surface area contributed by atoms with Crippen LogP contribution >= 0.6 is 11.3 Å². The van der Waals surface area contributed by atoms with E-state index in [9.17, 15) is 14.7 Å². The van der Waals surface area contributed by atoms with Crippen molar-refractivity contribution in [2.24, 2.45) is 0 Å². The van der Waals surface area contributed by atoms with Crippen LogP contribution in [-0.4, -0.2) is 27.9 Å². The molecule has 3 aromatic rings. The van der Waals surface area contributed by atoms with E-state index >= 15 is 0 Å². The second-order valence-electron chi connectivity index (χ2n) is 6.72. The first-order valence-corrected chi connectivity index (χ1v) is 9.96. The van der Waals surface area contributed by atoms with E-state index in [1.807, 2.05) is 67.6 Å². The summed E-state index contributed by atoms with van der Waals surface area (Å²) in [5, 5.41) is 16.6. The van der Waals surface area contributed by atoms with Gasteiger partial charge >= 0.3 is 0 Å². The van der Waals surface area contributed by atoms with Gasteiger partial charge in [-0.2, -0.15) is 0 Å². The van der Waals surface area contributed by atoms with E-state index in [4.69, 9.17) is 0 Å². The van der Waals surface area contributed by atoms with Crippen LogP contribution in [0.3, 0.4) is 0 Å². The molecule has 6 nitrogen and oxygen atoms in total. The Balaban J connectivity index is 1.53. The van der Waals surface area contributed by atoms with Crippen LogP contribution in [0.5, 0.6) is 0 Å². The molecule has 2 amide bonds. The molecule has 0 saturated heterocycles. The monoisotopic (exact) mass is 405 g/mol. The zero-order valence-corrected chi connectivity index (χ0v) is 16.5. The Morgan fingerprint density at radius 2 is 1.79 bits per heavy atom. The maximum atomic E-state index is 12.7. The minimum atomic E-state index is -0.663. The van der Waals surface area contributed by atoms with Crippen molar-refractivity contribution in [2.75, 3.05) is 5.32 Å². The van der Waals surface area contributed by atoms with Crippen LogP contribution in [0.4, 0.5) is 5.82 Å². The highest BCUT2D eigenvalue weighted by Crippen LogP contribution is 2.31. The second kappa shape index (κ2) is 7.89. The van der Waals surface area contributed by atoms with Crippen LogP contribution in [0.15, 0.2) is 72.0 Å². The number of hydrogen-bond donors (Lipinski definition) is 3. The highest BCUT2D eigenvalue weighted by atomic mass is 32.1. The number of amides is 2. The van der Waals surface area contributed by atoms with E-state index in [0.717, 1.165) is 21.0 Å².